The molecule has 4 rings (SSSR count). The van der Waals surface area contributed by atoms with Crippen LogP contribution in [-0.2, 0) is 17.8 Å². The number of nitrogens with zero attached hydrogens (tertiary/aromatic N) is 1. The van der Waals surface area contributed by atoms with E-state index in [1.54, 1.807) is 0 Å². The van der Waals surface area contributed by atoms with Gasteiger partial charge < -0.3 is 15.0 Å². The number of rotatable bonds is 5. The van der Waals surface area contributed by atoms with Gasteiger partial charge in [0.25, 0.3) is 11.8 Å². The first kappa shape index (κ1) is 18.3. The summed E-state index contributed by atoms with van der Waals surface area (Å²) in [4.78, 5) is 27.4. The molecule has 1 aliphatic heterocycles. The highest BCUT2D eigenvalue weighted by molar-refractivity contribution is 7.12. The Labute approximate surface area is 167 Å². The molecule has 28 heavy (non-hydrogen) atoms. The molecule has 0 fully saturated rings. The third kappa shape index (κ3) is 4.23. The van der Waals surface area contributed by atoms with Gasteiger partial charge in [-0.05, 0) is 53.3 Å². The highest BCUT2D eigenvalue weighted by Gasteiger charge is 2.22. The van der Waals surface area contributed by atoms with E-state index in [2.05, 4.69) is 5.32 Å². The van der Waals surface area contributed by atoms with Gasteiger partial charge in [-0.1, -0.05) is 30.3 Å². The van der Waals surface area contributed by atoms with Crippen LogP contribution >= 0.6 is 11.3 Å². The van der Waals surface area contributed by atoms with Crippen molar-refractivity contribution in [3.05, 3.63) is 82.0 Å². The molecule has 1 N–H and O–H groups in total. The van der Waals surface area contributed by atoms with Crippen molar-refractivity contribution < 1.29 is 14.3 Å². The molecule has 5 nitrogen and oxygen atoms in total. The number of amides is 2. The topological polar surface area (TPSA) is 58.6 Å². The van der Waals surface area contributed by atoms with Crippen molar-refractivity contribution in [1.29, 1.82) is 0 Å². The van der Waals surface area contributed by atoms with Crippen LogP contribution in [0.1, 0.15) is 20.8 Å². The maximum Gasteiger partial charge on any atom is 0.264 e. The molecule has 0 atom stereocenters. The van der Waals surface area contributed by atoms with E-state index >= 15 is 0 Å². The molecular weight excluding hydrogens is 372 g/mol. The number of anilines is 1. The molecule has 3 aromatic rings. The van der Waals surface area contributed by atoms with E-state index in [1.165, 1.54) is 16.9 Å². The van der Waals surface area contributed by atoms with Gasteiger partial charge in [-0.25, -0.2) is 0 Å². The van der Waals surface area contributed by atoms with Crippen molar-refractivity contribution in [2.75, 3.05) is 18.5 Å². The Hall–Kier alpha value is -3.12. The quantitative estimate of drug-likeness (QED) is 0.715. The summed E-state index contributed by atoms with van der Waals surface area (Å²) >= 11 is 1.46. The van der Waals surface area contributed by atoms with Crippen molar-refractivity contribution in [2.45, 2.75) is 13.0 Å². The normalized spacial score (nSPS) is 12.9. The van der Waals surface area contributed by atoms with Crippen LogP contribution in [0.2, 0.25) is 0 Å². The van der Waals surface area contributed by atoms with Crippen LogP contribution in [0.3, 0.4) is 0 Å². The first-order valence-corrected chi connectivity index (χ1v) is 9.99. The molecule has 0 spiro atoms. The SMILES string of the molecule is O=C(COc1ccccc1)Nc1ccc2c(c1)CN(C(=O)c1cccs1)CC2. The Morgan fingerprint density at radius 1 is 1.04 bits per heavy atom. The van der Waals surface area contributed by atoms with Gasteiger partial charge in [0.05, 0.1) is 4.88 Å². The fraction of sp³-hybridized carbons (Fsp3) is 0.182. The number of carbonyl (C=O) groups excluding carboxylic acids is 2. The van der Waals surface area contributed by atoms with Crippen LogP contribution in [0.4, 0.5) is 5.69 Å². The summed E-state index contributed by atoms with van der Waals surface area (Å²) in [5, 5.41) is 4.78. The zero-order valence-electron chi connectivity index (χ0n) is 15.3. The lowest BCUT2D eigenvalue weighted by Gasteiger charge is -2.29. The summed E-state index contributed by atoms with van der Waals surface area (Å²) in [5.74, 6) is 0.503. The lowest BCUT2D eigenvalue weighted by Crippen LogP contribution is -2.35. The molecule has 1 aromatic heterocycles. The molecule has 0 saturated carbocycles. The molecule has 2 heterocycles. The van der Waals surface area contributed by atoms with Gasteiger partial charge in [0.15, 0.2) is 6.61 Å². The minimum absolute atomic E-state index is 0.0515. The first-order valence-electron chi connectivity index (χ1n) is 9.11. The summed E-state index contributed by atoms with van der Waals surface area (Å²) in [7, 11) is 0. The van der Waals surface area contributed by atoms with Crippen LogP contribution in [0.5, 0.6) is 5.75 Å². The third-order valence-electron chi connectivity index (χ3n) is 4.63. The number of hydrogen-bond donors (Lipinski definition) is 1. The average molecular weight is 392 g/mol. The van der Waals surface area contributed by atoms with E-state index < -0.39 is 0 Å². The molecule has 0 unspecified atom stereocenters. The van der Waals surface area contributed by atoms with Crippen molar-refractivity contribution in [1.82, 2.24) is 4.90 Å². The summed E-state index contributed by atoms with van der Waals surface area (Å²) in [6.07, 6.45) is 0.817. The maximum absolute atomic E-state index is 12.6. The number of thiophene rings is 1. The Morgan fingerprint density at radius 2 is 1.89 bits per heavy atom. The molecule has 0 radical (unpaired) electrons. The molecule has 1 aliphatic rings. The summed E-state index contributed by atoms with van der Waals surface area (Å²) in [5.41, 5.74) is 3.00. The van der Waals surface area contributed by atoms with Crippen LogP contribution in [-0.4, -0.2) is 29.9 Å². The zero-order chi connectivity index (χ0) is 19.3. The van der Waals surface area contributed by atoms with Gasteiger partial charge in [0, 0.05) is 18.8 Å². The number of hydrogen-bond acceptors (Lipinski definition) is 4. The first-order chi connectivity index (χ1) is 13.7. The fourth-order valence-corrected chi connectivity index (χ4v) is 3.92. The van der Waals surface area contributed by atoms with E-state index in [-0.39, 0.29) is 18.4 Å². The Balaban J connectivity index is 1.39. The molecule has 0 saturated heterocycles. The van der Waals surface area contributed by atoms with Crippen LogP contribution in [0, 0.1) is 0 Å². The Bertz CT molecular complexity index is 971. The summed E-state index contributed by atoms with van der Waals surface area (Å²) < 4.78 is 5.48. The number of fused-ring (bicyclic) bond motifs is 1. The largest absolute Gasteiger partial charge is 0.484 e. The summed E-state index contributed by atoms with van der Waals surface area (Å²) in [6.45, 7) is 1.21. The zero-order valence-corrected chi connectivity index (χ0v) is 16.1. The second kappa shape index (κ2) is 8.27. The highest BCUT2D eigenvalue weighted by Crippen LogP contribution is 2.25. The van der Waals surface area contributed by atoms with Crippen molar-refractivity contribution >= 4 is 28.8 Å². The van der Waals surface area contributed by atoms with E-state index in [0.29, 0.717) is 24.5 Å². The molecule has 2 aromatic carbocycles. The molecule has 6 heteroatoms. The smallest absolute Gasteiger partial charge is 0.264 e. The second-order valence-electron chi connectivity index (χ2n) is 6.59. The lowest BCUT2D eigenvalue weighted by molar-refractivity contribution is -0.118. The molecule has 0 bridgehead atoms. The van der Waals surface area contributed by atoms with E-state index in [1.807, 2.05) is 70.9 Å². The predicted octanol–water partition coefficient (Wildman–Crippen LogP) is 3.96. The van der Waals surface area contributed by atoms with Gasteiger partial charge in [-0.15, -0.1) is 11.3 Å². The van der Waals surface area contributed by atoms with E-state index in [0.717, 1.165) is 16.9 Å². The predicted molar refractivity (Wildman–Crippen MR) is 110 cm³/mol. The minimum atomic E-state index is -0.217. The van der Waals surface area contributed by atoms with Gasteiger partial charge >= 0.3 is 0 Å². The van der Waals surface area contributed by atoms with Crippen molar-refractivity contribution in [3.8, 4) is 5.75 Å². The standard InChI is InChI=1S/C22H20N2O3S/c25-21(15-27-19-5-2-1-3-6-19)23-18-9-8-16-10-11-24(14-17(16)13-18)22(26)20-7-4-12-28-20/h1-9,12-13H,10-11,14-15H2,(H,23,25). The number of carbonyl (C=O) groups is 2. The van der Waals surface area contributed by atoms with Gasteiger partial charge in [-0.3, -0.25) is 9.59 Å². The van der Waals surface area contributed by atoms with Crippen LogP contribution in [0.15, 0.2) is 66.0 Å². The number of benzene rings is 2. The number of para-hydroxylation sites is 1. The Morgan fingerprint density at radius 3 is 2.68 bits per heavy atom. The molecule has 0 aliphatic carbocycles. The minimum Gasteiger partial charge on any atom is -0.484 e. The Kier molecular flexibility index (Phi) is 5.39. The highest BCUT2D eigenvalue weighted by atomic mass is 32.1. The van der Waals surface area contributed by atoms with Crippen molar-refractivity contribution in [2.24, 2.45) is 0 Å². The maximum atomic E-state index is 12.6. The average Bonchev–Trinajstić information content (AvgIpc) is 3.27. The van der Waals surface area contributed by atoms with Gasteiger partial charge in [0.2, 0.25) is 0 Å². The number of ether oxygens (including phenoxy) is 1. The number of nitrogens with one attached hydrogen (secondary N) is 1. The van der Waals surface area contributed by atoms with Crippen LogP contribution < -0.4 is 10.1 Å². The van der Waals surface area contributed by atoms with E-state index in [4.69, 9.17) is 4.74 Å². The fourth-order valence-electron chi connectivity index (χ4n) is 3.23. The lowest BCUT2D eigenvalue weighted by atomic mass is 9.99. The van der Waals surface area contributed by atoms with Gasteiger partial charge in [-0.2, -0.15) is 0 Å². The second-order valence-corrected chi connectivity index (χ2v) is 7.54. The van der Waals surface area contributed by atoms with Crippen LogP contribution in [0.25, 0.3) is 0 Å². The molecule has 142 valence electrons. The van der Waals surface area contributed by atoms with Gasteiger partial charge in [0.1, 0.15) is 5.75 Å². The molecule has 2 amide bonds. The van der Waals surface area contributed by atoms with Crippen molar-refractivity contribution in [3.63, 3.8) is 0 Å². The summed E-state index contributed by atoms with van der Waals surface area (Å²) in [6, 6.07) is 18.9. The monoisotopic (exact) mass is 392 g/mol. The van der Waals surface area contributed by atoms with E-state index in [9.17, 15) is 9.59 Å². The third-order valence-corrected chi connectivity index (χ3v) is 5.49. The molecular formula is C22H20N2O3S.